The van der Waals surface area contributed by atoms with Crippen molar-refractivity contribution in [2.75, 3.05) is 4.90 Å². The molecule has 0 radical (unpaired) electrons. The average molecular weight is 271 g/mol. The predicted molar refractivity (Wildman–Crippen MR) is 79.5 cm³/mol. The molecule has 0 aliphatic heterocycles. The lowest BCUT2D eigenvalue weighted by Crippen LogP contribution is -2.31. The number of nitrogens with zero attached hydrogens (tertiary/aromatic N) is 1. The van der Waals surface area contributed by atoms with E-state index in [0.717, 1.165) is 5.56 Å². The van der Waals surface area contributed by atoms with Crippen molar-refractivity contribution in [2.24, 2.45) is 0 Å². The zero-order chi connectivity index (χ0) is 14.5. The van der Waals surface area contributed by atoms with Crippen LogP contribution in [0, 0.1) is 5.82 Å². The summed E-state index contributed by atoms with van der Waals surface area (Å²) >= 11 is 0. The van der Waals surface area contributed by atoms with Crippen molar-refractivity contribution in [3.8, 4) is 0 Å². The molecule has 0 saturated heterocycles. The van der Waals surface area contributed by atoms with Crippen molar-refractivity contribution < 1.29 is 9.18 Å². The van der Waals surface area contributed by atoms with Gasteiger partial charge in [-0.3, -0.25) is 4.79 Å². The maximum Gasteiger partial charge on any atom is 0.155 e. The summed E-state index contributed by atoms with van der Waals surface area (Å²) in [5.41, 5.74) is 1.89. The fourth-order valence-corrected chi connectivity index (χ4v) is 2.22. The number of rotatable bonds is 5. The summed E-state index contributed by atoms with van der Waals surface area (Å²) in [6, 6.07) is 14.9. The van der Waals surface area contributed by atoms with Gasteiger partial charge in [-0.25, -0.2) is 4.39 Å². The molecule has 0 fully saturated rings. The van der Waals surface area contributed by atoms with Gasteiger partial charge in [0.1, 0.15) is 5.82 Å². The van der Waals surface area contributed by atoms with Crippen LogP contribution in [0.2, 0.25) is 0 Å². The van der Waals surface area contributed by atoms with E-state index in [9.17, 15) is 9.18 Å². The second kappa shape index (κ2) is 6.33. The Balaban J connectivity index is 2.39. The molecule has 2 aromatic rings. The highest BCUT2D eigenvalue weighted by Gasteiger charge is 2.17. The second-order valence-electron chi connectivity index (χ2n) is 5.00. The van der Waals surface area contributed by atoms with Gasteiger partial charge in [0.15, 0.2) is 6.29 Å². The number of hydrogen-bond donors (Lipinski definition) is 0. The SMILES string of the molecule is CC(C)N(Cc1ccccc1)c1cccc(F)c1C=O. The molecule has 0 aliphatic carbocycles. The highest BCUT2D eigenvalue weighted by molar-refractivity contribution is 5.85. The van der Waals surface area contributed by atoms with Crippen LogP contribution in [0.1, 0.15) is 29.8 Å². The van der Waals surface area contributed by atoms with Crippen molar-refractivity contribution in [3.63, 3.8) is 0 Å². The molecule has 0 aliphatic rings. The molecule has 0 heterocycles. The molecule has 2 nitrogen and oxygen atoms in total. The van der Waals surface area contributed by atoms with Crippen LogP contribution in [0.15, 0.2) is 48.5 Å². The van der Waals surface area contributed by atoms with Gasteiger partial charge in [-0.15, -0.1) is 0 Å². The second-order valence-corrected chi connectivity index (χ2v) is 5.00. The number of benzene rings is 2. The van der Waals surface area contributed by atoms with Crippen LogP contribution in [0.5, 0.6) is 0 Å². The fraction of sp³-hybridized carbons (Fsp3) is 0.235. The van der Waals surface area contributed by atoms with E-state index < -0.39 is 5.82 Å². The van der Waals surface area contributed by atoms with Crippen LogP contribution >= 0.6 is 0 Å². The van der Waals surface area contributed by atoms with Gasteiger partial charge < -0.3 is 4.90 Å². The van der Waals surface area contributed by atoms with Gasteiger partial charge in [0.05, 0.1) is 11.3 Å². The lowest BCUT2D eigenvalue weighted by Gasteiger charge is -2.30. The van der Waals surface area contributed by atoms with Crippen molar-refractivity contribution in [3.05, 3.63) is 65.5 Å². The molecule has 2 rings (SSSR count). The Morgan fingerprint density at radius 1 is 1.10 bits per heavy atom. The fourth-order valence-electron chi connectivity index (χ4n) is 2.22. The number of halogens is 1. The first-order chi connectivity index (χ1) is 9.63. The van der Waals surface area contributed by atoms with Gasteiger partial charge >= 0.3 is 0 Å². The predicted octanol–water partition coefficient (Wildman–Crippen LogP) is 4.05. The average Bonchev–Trinajstić information content (AvgIpc) is 2.45. The van der Waals surface area contributed by atoms with Crippen molar-refractivity contribution >= 4 is 12.0 Å². The number of hydrogen-bond acceptors (Lipinski definition) is 2. The first kappa shape index (κ1) is 14.3. The summed E-state index contributed by atoms with van der Waals surface area (Å²) in [5, 5.41) is 0. The number of aldehydes is 1. The zero-order valence-corrected chi connectivity index (χ0v) is 11.7. The van der Waals surface area contributed by atoms with Gasteiger partial charge in [-0.2, -0.15) is 0 Å². The highest BCUT2D eigenvalue weighted by atomic mass is 19.1. The monoisotopic (exact) mass is 271 g/mol. The normalized spacial score (nSPS) is 10.6. The largest absolute Gasteiger partial charge is 0.364 e. The molecule has 0 aromatic heterocycles. The molecule has 0 bridgehead atoms. The summed E-state index contributed by atoms with van der Waals surface area (Å²) in [7, 11) is 0. The minimum absolute atomic E-state index is 0.122. The van der Waals surface area contributed by atoms with E-state index >= 15 is 0 Å². The minimum atomic E-state index is -0.476. The van der Waals surface area contributed by atoms with Crippen LogP contribution < -0.4 is 4.90 Å². The van der Waals surface area contributed by atoms with E-state index in [1.165, 1.54) is 6.07 Å². The molecule has 0 spiro atoms. The van der Waals surface area contributed by atoms with Crippen LogP contribution in [0.25, 0.3) is 0 Å². The highest BCUT2D eigenvalue weighted by Crippen LogP contribution is 2.25. The Kier molecular flexibility index (Phi) is 4.51. The summed E-state index contributed by atoms with van der Waals surface area (Å²) in [6.45, 7) is 4.70. The van der Waals surface area contributed by atoms with Crippen molar-refractivity contribution in [2.45, 2.75) is 26.4 Å². The third-order valence-corrected chi connectivity index (χ3v) is 3.28. The van der Waals surface area contributed by atoms with E-state index in [-0.39, 0.29) is 11.6 Å². The van der Waals surface area contributed by atoms with Gasteiger partial charge in [0, 0.05) is 12.6 Å². The van der Waals surface area contributed by atoms with Crippen LogP contribution in [0.3, 0.4) is 0 Å². The number of carbonyl (C=O) groups is 1. The first-order valence-corrected chi connectivity index (χ1v) is 6.67. The summed E-state index contributed by atoms with van der Waals surface area (Å²) in [5.74, 6) is -0.476. The molecule has 0 atom stereocenters. The minimum Gasteiger partial charge on any atom is -0.364 e. The molecule has 0 N–H and O–H groups in total. The molecule has 0 amide bonds. The molecule has 3 heteroatoms. The molecular formula is C17H18FNO. The Morgan fingerprint density at radius 2 is 1.80 bits per heavy atom. The molecule has 0 unspecified atom stereocenters. The topological polar surface area (TPSA) is 20.3 Å². The number of carbonyl (C=O) groups excluding carboxylic acids is 1. The maximum absolute atomic E-state index is 13.8. The smallest absolute Gasteiger partial charge is 0.155 e. The standard InChI is InChI=1S/C17H18FNO/c1-13(2)19(11-14-7-4-3-5-8-14)17-10-6-9-16(18)15(17)12-20/h3-10,12-13H,11H2,1-2H3. The Labute approximate surface area is 118 Å². The Hall–Kier alpha value is -2.16. The van der Waals surface area contributed by atoms with Gasteiger partial charge in [-0.1, -0.05) is 36.4 Å². The summed E-state index contributed by atoms with van der Waals surface area (Å²) in [4.78, 5) is 13.2. The lowest BCUT2D eigenvalue weighted by molar-refractivity contribution is 0.112. The third-order valence-electron chi connectivity index (χ3n) is 3.28. The summed E-state index contributed by atoms with van der Waals surface area (Å²) in [6.07, 6.45) is 0.588. The van der Waals surface area contributed by atoms with E-state index in [0.29, 0.717) is 18.5 Å². The third kappa shape index (κ3) is 3.05. The lowest BCUT2D eigenvalue weighted by atomic mass is 10.1. The van der Waals surface area contributed by atoms with Crippen LogP contribution in [-0.4, -0.2) is 12.3 Å². The van der Waals surface area contributed by atoms with E-state index in [4.69, 9.17) is 0 Å². The maximum atomic E-state index is 13.8. The van der Waals surface area contributed by atoms with Crippen molar-refractivity contribution in [1.82, 2.24) is 0 Å². The van der Waals surface area contributed by atoms with Gasteiger partial charge in [0.2, 0.25) is 0 Å². The molecule has 104 valence electrons. The van der Waals surface area contributed by atoms with Crippen LogP contribution in [-0.2, 0) is 6.54 Å². The van der Waals surface area contributed by atoms with Crippen molar-refractivity contribution in [1.29, 1.82) is 0 Å². The first-order valence-electron chi connectivity index (χ1n) is 6.67. The Bertz CT molecular complexity index is 581. The van der Waals surface area contributed by atoms with E-state index in [1.807, 2.05) is 49.1 Å². The van der Waals surface area contributed by atoms with E-state index in [1.54, 1.807) is 12.1 Å². The number of anilines is 1. The van der Waals surface area contributed by atoms with Gasteiger partial charge in [-0.05, 0) is 31.5 Å². The molecular weight excluding hydrogens is 253 g/mol. The summed E-state index contributed by atoms with van der Waals surface area (Å²) < 4.78 is 13.8. The molecule has 2 aromatic carbocycles. The van der Waals surface area contributed by atoms with Gasteiger partial charge in [0.25, 0.3) is 0 Å². The van der Waals surface area contributed by atoms with Crippen LogP contribution in [0.4, 0.5) is 10.1 Å². The zero-order valence-electron chi connectivity index (χ0n) is 11.7. The van der Waals surface area contributed by atoms with E-state index in [2.05, 4.69) is 0 Å². The molecule has 0 saturated carbocycles. The molecule has 20 heavy (non-hydrogen) atoms. The Morgan fingerprint density at radius 3 is 2.40 bits per heavy atom. The quantitative estimate of drug-likeness (QED) is 0.764.